The van der Waals surface area contributed by atoms with E-state index in [2.05, 4.69) is 0 Å². The van der Waals surface area contributed by atoms with E-state index in [1.807, 2.05) is 0 Å². The predicted molar refractivity (Wildman–Crippen MR) is 117 cm³/mol. The molecule has 0 atom stereocenters. The zero-order valence-corrected chi connectivity index (χ0v) is 19.9. The van der Waals surface area contributed by atoms with Gasteiger partial charge in [0, 0.05) is 12.2 Å². The predicted octanol–water partition coefficient (Wildman–Crippen LogP) is 1.37. The van der Waals surface area contributed by atoms with Crippen molar-refractivity contribution < 1.29 is 49.0 Å². The minimum absolute atomic E-state index is 0. The molecule has 0 fully saturated rings. The molecule has 2 rings (SSSR count). The molecule has 0 aliphatic heterocycles. The number of aliphatic carboxylic acids is 2. The second kappa shape index (κ2) is 14.5. The first-order chi connectivity index (χ1) is 15.2. The van der Waals surface area contributed by atoms with Crippen molar-refractivity contribution in [1.29, 1.82) is 0 Å². The quantitative estimate of drug-likeness (QED) is 0.426. The summed E-state index contributed by atoms with van der Waals surface area (Å²) in [7, 11) is 5.45. The van der Waals surface area contributed by atoms with Gasteiger partial charge in [-0.1, -0.05) is 0 Å². The first kappa shape index (κ1) is 29.4. The molecule has 0 saturated heterocycles. The fourth-order valence-corrected chi connectivity index (χ4v) is 2.33. The van der Waals surface area contributed by atoms with Gasteiger partial charge in [-0.25, -0.2) is 9.59 Å². The summed E-state index contributed by atoms with van der Waals surface area (Å²) in [6.45, 7) is 0. The number of carboxylic acids is 2. The van der Waals surface area contributed by atoms with Crippen molar-refractivity contribution in [3.05, 3.63) is 47.5 Å². The second-order valence-corrected chi connectivity index (χ2v) is 5.85. The Hall–Kier alpha value is -3.57. The Morgan fingerprint density at radius 1 is 0.667 bits per heavy atom. The van der Waals surface area contributed by atoms with Crippen LogP contribution in [0.15, 0.2) is 36.4 Å². The van der Waals surface area contributed by atoms with E-state index in [1.165, 1.54) is 64.9 Å². The minimum atomic E-state index is -1.07. The molecule has 2 aromatic carbocycles. The van der Waals surface area contributed by atoms with Crippen LogP contribution in [0.1, 0.15) is 11.1 Å². The van der Waals surface area contributed by atoms with Crippen molar-refractivity contribution >= 4 is 47.1 Å². The van der Waals surface area contributed by atoms with Gasteiger partial charge in [-0.05, 0) is 59.0 Å². The number of ether oxygens (including phenoxy) is 4. The van der Waals surface area contributed by atoms with Gasteiger partial charge in [-0.2, -0.15) is 0 Å². The molecule has 11 heteroatoms. The molecule has 0 saturated carbocycles. The normalized spacial score (nSPS) is 10.1. The van der Waals surface area contributed by atoms with Crippen molar-refractivity contribution in [3.8, 4) is 34.5 Å². The summed E-state index contributed by atoms with van der Waals surface area (Å²) in [5.41, 5.74) is 1.05. The van der Waals surface area contributed by atoms with Crippen molar-refractivity contribution in [2.24, 2.45) is 0 Å². The summed E-state index contributed by atoms with van der Waals surface area (Å²) in [6, 6.07) is 5.79. The standard InChI is InChI=1S/2C11H12O5.Mg/c2*1-15-8-5-7(3-4-10(12)13)6-9(16-2)11(8)14;/h2*3-6,14H,1-2H3,(H,12,13);/q;;+2/p-2/b2*4-3+;. The summed E-state index contributed by atoms with van der Waals surface area (Å²) in [5.74, 6) is -2.40. The SMILES string of the molecule is COc1cc(/C=C/C(=O)O)cc(OC)c1[O-].COc1cc(/C=C/C(=O)O)cc(OC)c1[O-].[Mg+2]. The minimum Gasteiger partial charge on any atom is -0.867 e. The molecule has 0 aliphatic rings. The first-order valence-electron chi connectivity index (χ1n) is 8.84. The van der Waals surface area contributed by atoms with Crippen LogP contribution in [-0.2, 0) is 9.59 Å². The number of methoxy groups -OCH3 is 4. The van der Waals surface area contributed by atoms with Gasteiger partial charge in [0.2, 0.25) is 0 Å². The molecule has 172 valence electrons. The van der Waals surface area contributed by atoms with Crippen molar-refractivity contribution in [1.82, 2.24) is 0 Å². The number of hydrogen-bond donors (Lipinski definition) is 2. The molecule has 10 nitrogen and oxygen atoms in total. The van der Waals surface area contributed by atoms with E-state index < -0.39 is 11.9 Å². The Kier molecular flexibility index (Phi) is 12.9. The van der Waals surface area contributed by atoms with Crippen LogP contribution in [0.2, 0.25) is 0 Å². The van der Waals surface area contributed by atoms with E-state index in [4.69, 9.17) is 29.2 Å². The van der Waals surface area contributed by atoms with Gasteiger partial charge >= 0.3 is 35.0 Å². The Labute approximate surface area is 206 Å². The third-order valence-electron chi connectivity index (χ3n) is 3.80. The molecule has 0 bridgehead atoms. The van der Waals surface area contributed by atoms with Gasteiger partial charge in [0.05, 0.1) is 28.4 Å². The number of carbonyl (C=O) groups is 2. The molecular weight excluding hydrogens is 449 g/mol. The molecule has 0 aliphatic carbocycles. The molecule has 0 unspecified atom stereocenters. The fourth-order valence-electron chi connectivity index (χ4n) is 2.33. The monoisotopic (exact) mass is 470 g/mol. The van der Waals surface area contributed by atoms with Gasteiger partial charge in [-0.15, -0.1) is 0 Å². The topological polar surface area (TPSA) is 158 Å². The zero-order chi connectivity index (χ0) is 24.3. The Morgan fingerprint density at radius 3 is 1.09 bits per heavy atom. The summed E-state index contributed by atoms with van der Waals surface area (Å²) < 4.78 is 19.4. The van der Waals surface area contributed by atoms with Gasteiger partial charge in [0.25, 0.3) is 0 Å². The molecule has 0 heterocycles. The Balaban J connectivity index is 0.000000602. The van der Waals surface area contributed by atoms with Gasteiger partial charge in [0.1, 0.15) is 23.0 Å². The van der Waals surface area contributed by atoms with Crippen LogP contribution in [0.4, 0.5) is 0 Å². The van der Waals surface area contributed by atoms with Crippen molar-refractivity contribution in [2.45, 2.75) is 0 Å². The van der Waals surface area contributed by atoms with Crippen LogP contribution in [0.5, 0.6) is 34.5 Å². The van der Waals surface area contributed by atoms with Gasteiger partial charge < -0.3 is 39.4 Å². The van der Waals surface area contributed by atoms with Crippen LogP contribution in [-0.4, -0.2) is 73.6 Å². The van der Waals surface area contributed by atoms with E-state index >= 15 is 0 Å². The fraction of sp³-hybridized carbons (Fsp3) is 0.182. The number of hydrogen-bond acceptors (Lipinski definition) is 8. The van der Waals surface area contributed by atoms with E-state index in [1.54, 1.807) is 0 Å². The van der Waals surface area contributed by atoms with E-state index in [9.17, 15) is 19.8 Å². The molecule has 2 aromatic rings. The summed E-state index contributed by atoms with van der Waals surface area (Å²) in [4.78, 5) is 20.7. The number of rotatable bonds is 8. The molecule has 0 spiro atoms. The van der Waals surface area contributed by atoms with E-state index in [0.717, 1.165) is 12.2 Å². The molecular formula is C22H22MgO10. The second-order valence-electron chi connectivity index (χ2n) is 5.85. The van der Waals surface area contributed by atoms with Crippen LogP contribution in [0.25, 0.3) is 12.2 Å². The van der Waals surface area contributed by atoms with Crippen molar-refractivity contribution in [3.63, 3.8) is 0 Å². The summed E-state index contributed by atoms with van der Waals surface area (Å²) in [6.07, 6.45) is 4.65. The molecule has 0 aromatic heterocycles. The van der Waals surface area contributed by atoms with Crippen LogP contribution in [0.3, 0.4) is 0 Å². The third-order valence-corrected chi connectivity index (χ3v) is 3.80. The maximum absolute atomic E-state index is 11.5. The third kappa shape index (κ3) is 9.21. The largest absolute Gasteiger partial charge is 2.00 e. The molecule has 0 radical (unpaired) electrons. The van der Waals surface area contributed by atoms with Gasteiger partial charge in [0.15, 0.2) is 0 Å². The van der Waals surface area contributed by atoms with Crippen molar-refractivity contribution in [2.75, 3.05) is 28.4 Å². The van der Waals surface area contributed by atoms with Gasteiger partial charge in [-0.3, -0.25) is 0 Å². The average molecular weight is 471 g/mol. The Morgan fingerprint density at radius 2 is 0.909 bits per heavy atom. The van der Waals surface area contributed by atoms with Crippen LogP contribution >= 0.6 is 0 Å². The smallest absolute Gasteiger partial charge is 0.867 e. The number of carboxylic acid groups (broad SMARTS) is 2. The molecule has 33 heavy (non-hydrogen) atoms. The van der Waals surface area contributed by atoms with E-state index in [-0.39, 0.29) is 57.5 Å². The summed E-state index contributed by atoms with van der Waals surface area (Å²) in [5, 5.41) is 40.0. The zero-order valence-electron chi connectivity index (χ0n) is 18.5. The van der Waals surface area contributed by atoms with Crippen LogP contribution in [0, 0.1) is 0 Å². The average Bonchev–Trinajstić information content (AvgIpc) is 2.77. The maximum atomic E-state index is 11.5. The molecule has 0 amide bonds. The maximum Gasteiger partial charge on any atom is 2.00 e. The first-order valence-corrected chi connectivity index (χ1v) is 8.84. The number of benzene rings is 2. The molecule has 2 N–H and O–H groups in total. The van der Waals surface area contributed by atoms with E-state index in [0.29, 0.717) is 11.1 Å². The Bertz CT molecular complexity index is 883. The van der Waals surface area contributed by atoms with Crippen LogP contribution < -0.4 is 29.2 Å². The summed E-state index contributed by atoms with van der Waals surface area (Å²) >= 11 is 0.